The summed E-state index contributed by atoms with van der Waals surface area (Å²) in [6.45, 7) is 7.26. The van der Waals surface area contributed by atoms with Crippen LogP contribution in [0.15, 0.2) is 12.1 Å². The van der Waals surface area contributed by atoms with Crippen LogP contribution < -0.4 is 10.6 Å². The Bertz CT molecular complexity index is 558. The number of rotatable bonds is 6. The number of nitrogens with one attached hydrogen (secondary N) is 2. The number of aromatic nitrogens is 2. The van der Waals surface area contributed by atoms with E-state index < -0.39 is 0 Å². The summed E-state index contributed by atoms with van der Waals surface area (Å²) in [5, 5.41) is 6.48. The second-order valence-electron chi connectivity index (χ2n) is 4.86. The van der Waals surface area contributed by atoms with Crippen LogP contribution in [0.5, 0.6) is 0 Å². The zero-order valence-corrected chi connectivity index (χ0v) is 13.4. The average Bonchev–Trinajstić information content (AvgIpc) is 2.76. The summed E-state index contributed by atoms with van der Waals surface area (Å²) in [6, 6.07) is 4.19. The first-order valence-corrected chi connectivity index (χ1v) is 7.79. The van der Waals surface area contributed by atoms with Crippen molar-refractivity contribution in [3.05, 3.63) is 33.3 Å². The Morgan fingerprint density at radius 1 is 1.15 bits per heavy atom. The fourth-order valence-corrected chi connectivity index (χ4v) is 2.96. The Hall–Kier alpha value is -1.62. The lowest BCUT2D eigenvalue weighted by molar-refractivity contribution is 0.835. The van der Waals surface area contributed by atoms with Crippen molar-refractivity contribution in [1.29, 1.82) is 0 Å². The van der Waals surface area contributed by atoms with Gasteiger partial charge in [0, 0.05) is 29.3 Å². The molecular formula is C15H22N4S. The molecule has 0 aliphatic carbocycles. The standard InChI is InChI=1S/C15H22N4S/c1-5-6-13-18-14(16-4)8-15(19-13)17-9-12-7-10(2)11(3)20-12/h7-8H,5-6,9H2,1-4H3,(H2,16,17,18,19). The molecule has 0 aliphatic heterocycles. The van der Waals surface area contributed by atoms with E-state index >= 15 is 0 Å². The third-order valence-corrected chi connectivity index (χ3v) is 4.32. The van der Waals surface area contributed by atoms with Crippen molar-refractivity contribution in [2.24, 2.45) is 0 Å². The summed E-state index contributed by atoms with van der Waals surface area (Å²) in [7, 11) is 1.88. The second-order valence-corrected chi connectivity index (χ2v) is 6.20. The number of hydrogen-bond acceptors (Lipinski definition) is 5. The van der Waals surface area contributed by atoms with Gasteiger partial charge < -0.3 is 10.6 Å². The SMILES string of the molecule is CCCc1nc(NC)cc(NCc2cc(C)c(C)s2)n1. The van der Waals surface area contributed by atoms with E-state index in [1.165, 1.54) is 15.3 Å². The maximum Gasteiger partial charge on any atom is 0.133 e. The van der Waals surface area contributed by atoms with Gasteiger partial charge in [0.15, 0.2) is 0 Å². The van der Waals surface area contributed by atoms with Crippen LogP contribution in [-0.4, -0.2) is 17.0 Å². The summed E-state index contributed by atoms with van der Waals surface area (Å²) >= 11 is 1.84. The van der Waals surface area contributed by atoms with Crippen LogP contribution in [-0.2, 0) is 13.0 Å². The fraction of sp³-hybridized carbons (Fsp3) is 0.467. The van der Waals surface area contributed by atoms with Gasteiger partial charge >= 0.3 is 0 Å². The van der Waals surface area contributed by atoms with Crippen molar-refractivity contribution in [3.8, 4) is 0 Å². The smallest absolute Gasteiger partial charge is 0.133 e. The summed E-state index contributed by atoms with van der Waals surface area (Å²) in [5.74, 6) is 2.64. The fourth-order valence-electron chi connectivity index (χ4n) is 1.97. The number of aryl methyl sites for hydroxylation is 3. The molecule has 108 valence electrons. The van der Waals surface area contributed by atoms with Crippen molar-refractivity contribution < 1.29 is 0 Å². The van der Waals surface area contributed by atoms with Crippen LogP contribution in [0.1, 0.15) is 34.5 Å². The normalized spacial score (nSPS) is 10.6. The van der Waals surface area contributed by atoms with E-state index in [4.69, 9.17) is 0 Å². The third kappa shape index (κ3) is 3.70. The highest BCUT2D eigenvalue weighted by molar-refractivity contribution is 7.12. The highest BCUT2D eigenvalue weighted by Gasteiger charge is 2.05. The van der Waals surface area contributed by atoms with Gasteiger partial charge in [0.05, 0.1) is 6.54 Å². The van der Waals surface area contributed by atoms with E-state index in [0.717, 1.165) is 36.8 Å². The van der Waals surface area contributed by atoms with Crippen molar-refractivity contribution in [3.63, 3.8) is 0 Å². The predicted octanol–water partition coefficient (Wildman–Crippen LogP) is 3.76. The Labute approximate surface area is 124 Å². The van der Waals surface area contributed by atoms with E-state index in [1.807, 2.05) is 24.5 Å². The first-order chi connectivity index (χ1) is 9.62. The summed E-state index contributed by atoms with van der Waals surface area (Å²) < 4.78 is 0. The van der Waals surface area contributed by atoms with Gasteiger partial charge in [-0.1, -0.05) is 6.92 Å². The lowest BCUT2D eigenvalue weighted by atomic mass is 10.3. The summed E-state index contributed by atoms with van der Waals surface area (Å²) in [4.78, 5) is 11.7. The molecule has 0 atom stereocenters. The molecule has 0 radical (unpaired) electrons. The van der Waals surface area contributed by atoms with E-state index in [-0.39, 0.29) is 0 Å². The summed E-state index contributed by atoms with van der Waals surface area (Å²) in [5.41, 5.74) is 1.36. The molecule has 0 saturated carbocycles. The van der Waals surface area contributed by atoms with Gasteiger partial charge in [-0.25, -0.2) is 9.97 Å². The number of nitrogens with zero attached hydrogens (tertiary/aromatic N) is 2. The van der Waals surface area contributed by atoms with Gasteiger partial charge in [0.1, 0.15) is 17.5 Å². The molecular weight excluding hydrogens is 268 g/mol. The Morgan fingerprint density at radius 3 is 2.50 bits per heavy atom. The molecule has 0 bridgehead atoms. The number of thiophene rings is 1. The minimum absolute atomic E-state index is 0.811. The quantitative estimate of drug-likeness (QED) is 0.850. The van der Waals surface area contributed by atoms with Crippen LogP contribution in [0, 0.1) is 13.8 Å². The third-order valence-electron chi connectivity index (χ3n) is 3.16. The van der Waals surface area contributed by atoms with Crippen LogP contribution in [0.25, 0.3) is 0 Å². The highest BCUT2D eigenvalue weighted by atomic mass is 32.1. The van der Waals surface area contributed by atoms with Gasteiger partial charge in [-0.2, -0.15) is 0 Å². The van der Waals surface area contributed by atoms with Crippen LogP contribution >= 0.6 is 11.3 Å². The summed E-state index contributed by atoms with van der Waals surface area (Å²) in [6.07, 6.45) is 1.96. The minimum atomic E-state index is 0.811. The van der Waals surface area contributed by atoms with Crippen molar-refractivity contribution >= 4 is 23.0 Å². The van der Waals surface area contributed by atoms with Crippen LogP contribution in [0.4, 0.5) is 11.6 Å². The molecule has 2 N–H and O–H groups in total. The highest BCUT2D eigenvalue weighted by Crippen LogP contribution is 2.21. The van der Waals surface area contributed by atoms with E-state index in [1.54, 1.807) is 0 Å². The molecule has 0 fully saturated rings. The topological polar surface area (TPSA) is 49.8 Å². The van der Waals surface area contributed by atoms with Crippen molar-refractivity contribution in [2.45, 2.75) is 40.2 Å². The molecule has 20 heavy (non-hydrogen) atoms. The van der Waals surface area contributed by atoms with E-state index in [9.17, 15) is 0 Å². The van der Waals surface area contributed by atoms with Gasteiger partial charge in [-0.15, -0.1) is 11.3 Å². The molecule has 0 saturated heterocycles. The van der Waals surface area contributed by atoms with Gasteiger partial charge in [-0.05, 0) is 31.9 Å². The van der Waals surface area contributed by atoms with Crippen LogP contribution in [0.2, 0.25) is 0 Å². The lowest BCUT2D eigenvalue weighted by Crippen LogP contribution is -2.06. The largest absolute Gasteiger partial charge is 0.373 e. The van der Waals surface area contributed by atoms with Gasteiger partial charge in [0.25, 0.3) is 0 Å². The zero-order chi connectivity index (χ0) is 14.5. The molecule has 2 rings (SSSR count). The molecule has 0 spiro atoms. The molecule has 0 aromatic carbocycles. The minimum Gasteiger partial charge on any atom is -0.373 e. The van der Waals surface area contributed by atoms with Crippen LogP contribution in [0.3, 0.4) is 0 Å². The zero-order valence-electron chi connectivity index (χ0n) is 12.6. The Morgan fingerprint density at radius 2 is 1.90 bits per heavy atom. The molecule has 0 amide bonds. The Balaban J connectivity index is 2.09. The van der Waals surface area contributed by atoms with Gasteiger partial charge in [-0.3, -0.25) is 0 Å². The molecule has 5 heteroatoms. The predicted molar refractivity (Wildman–Crippen MR) is 86.7 cm³/mol. The van der Waals surface area contributed by atoms with Crippen molar-refractivity contribution in [2.75, 3.05) is 17.7 Å². The van der Waals surface area contributed by atoms with E-state index in [0.29, 0.717) is 0 Å². The maximum absolute atomic E-state index is 4.56. The number of hydrogen-bond donors (Lipinski definition) is 2. The maximum atomic E-state index is 4.56. The van der Waals surface area contributed by atoms with Crippen molar-refractivity contribution in [1.82, 2.24) is 9.97 Å². The first kappa shape index (κ1) is 14.8. The average molecular weight is 290 g/mol. The molecule has 4 nitrogen and oxygen atoms in total. The molecule has 2 aromatic heterocycles. The van der Waals surface area contributed by atoms with Gasteiger partial charge in [0.2, 0.25) is 0 Å². The molecule has 0 unspecified atom stereocenters. The molecule has 2 heterocycles. The monoisotopic (exact) mass is 290 g/mol. The Kier molecular flexibility index (Phi) is 4.95. The second kappa shape index (κ2) is 6.70. The molecule has 0 aliphatic rings. The number of anilines is 2. The molecule has 2 aromatic rings. The van der Waals surface area contributed by atoms with E-state index in [2.05, 4.69) is 47.4 Å². The first-order valence-electron chi connectivity index (χ1n) is 6.98. The lowest BCUT2D eigenvalue weighted by Gasteiger charge is -2.08.